The number of nitrogens with two attached hydrogens (primary N) is 1. The smallest absolute Gasteiger partial charge is 0.252 e. The van der Waals surface area contributed by atoms with Crippen molar-refractivity contribution in [2.45, 2.75) is 37.5 Å². The predicted molar refractivity (Wildman–Crippen MR) is 73.9 cm³/mol. The van der Waals surface area contributed by atoms with E-state index >= 15 is 0 Å². The molecule has 1 amide bonds. The third-order valence-corrected chi connectivity index (χ3v) is 3.81. The number of ether oxygens (including phenoxy) is 1. The maximum Gasteiger partial charge on any atom is 0.252 e. The van der Waals surface area contributed by atoms with E-state index in [0.29, 0.717) is 17.2 Å². The van der Waals surface area contributed by atoms with E-state index in [2.05, 4.69) is 22.1 Å². The quantitative estimate of drug-likeness (QED) is 0.765. The summed E-state index contributed by atoms with van der Waals surface area (Å²) < 4.78 is 5.75. The average molecular weight is 271 g/mol. The lowest BCUT2D eigenvalue weighted by Gasteiger charge is -2.20. The Bertz CT molecular complexity index is 576. The number of hydrogen-bond acceptors (Lipinski definition) is 4. The Morgan fingerprint density at radius 1 is 1.55 bits per heavy atom. The van der Waals surface area contributed by atoms with Crippen molar-refractivity contribution in [2.75, 3.05) is 6.54 Å². The minimum Gasteiger partial charge on any atom is -0.373 e. The van der Waals surface area contributed by atoms with Gasteiger partial charge in [0.1, 0.15) is 0 Å². The van der Waals surface area contributed by atoms with Crippen LogP contribution in [0.25, 0.3) is 0 Å². The standard InChI is InChI=1S/C15H17N3O2/c16-6-1-2-10-9-17-7-5-12(10)15(19)18-13-8-11-3-4-14(13)20-11/h5,7,9,11,13-14H,3-4,6,8,16H2,(H,18,19). The van der Waals surface area contributed by atoms with Gasteiger partial charge in [0.15, 0.2) is 0 Å². The first kappa shape index (κ1) is 13.1. The van der Waals surface area contributed by atoms with Crippen molar-refractivity contribution in [3.05, 3.63) is 29.6 Å². The molecule has 2 saturated heterocycles. The van der Waals surface area contributed by atoms with Gasteiger partial charge >= 0.3 is 0 Å². The summed E-state index contributed by atoms with van der Waals surface area (Å²) in [6.45, 7) is 0.260. The molecule has 0 aromatic carbocycles. The fraction of sp³-hybridized carbons (Fsp3) is 0.467. The molecular weight excluding hydrogens is 254 g/mol. The second-order valence-electron chi connectivity index (χ2n) is 5.12. The highest BCUT2D eigenvalue weighted by atomic mass is 16.5. The van der Waals surface area contributed by atoms with Crippen LogP contribution in [0.4, 0.5) is 0 Å². The number of hydrogen-bond donors (Lipinski definition) is 2. The van der Waals surface area contributed by atoms with Gasteiger partial charge in [0, 0.05) is 12.4 Å². The summed E-state index contributed by atoms with van der Waals surface area (Å²) in [7, 11) is 0. The first-order valence-corrected chi connectivity index (χ1v) is 6.87. The molecule has 20 heavy (non-hydrogen) atoms. The van der Waals surface area contributed by atoms with Gasteiger partial charge in [-0.2, -0.15) is 0 Å². The van der Waals surface area contributed by atoms with E-state index in [1.165, 1.54) is 0 Å². The molecule has 2 fully saturated rings. The first-order chi connectivity index (χ1) is 9.78. The Labute approximate surface area is 117 Å². The average Bonchev–Trinajstić information content (AvgIpc) is 3.08. The van der Waals surface area contributed by atoms with Crippen LogP contribution in [-0.2, 0) is 4.74 Å². The van der Waals surface area contributed by atoms with Gasteiger partial charge in [-0.25, -0.2) is 0 Å². The zero-order valence-electron chi connectivity index (χ0n) is 11.1. The van der Waals surface area contributed by atoms with E-state index in [9.17, 15) is 4.79 Å². The van der Waals surface area contributed by atoms with Gasteiger partial charge in [-0.3, -0.25) is 9.78 Å². The molecule has 0 radical (unpaired) electrons. The molecule has 104 valence electrons. The van der Waals surface area contributed by atoms with Crippen LogP contribution in [0.3, 0.4) is 0 Å². The highest BCUT2D eigenvalue weighted by Gasteiger charge is 2.41. The van der Waals surface area contributed by atoms with E-state index in [4.69, 9.17) is 10.5 Å². The molecule has 3 rings (SSSR count). The van der Waals surface area contributed by atoms with Gasteiger partial charge in [-0.1, -0.05) is 11.8 Å². The maximum absolute atomic E-state index is 12.4. The van der Waals surface area contributed by atoms with E-state index in [-0.39, 0.29) is 24.6 Å². The molecule has 0 spiro atoms. The van der Waals surface area contributed by atoms with Gasteiger partial charge in [-0.15, -0.1) is 0 Å². The van der Waals surface area contributed by atoms with Crippen molar-refractivity contribution in [2.24, 2.45) is 5.73 Å². The zero-order valence-corrected chi connectivity index (χ0v) is 11.1. The molecular formula is C15H17N3O2. The summed E-state index contributed by atoms with van der Waals surface area (Å²) in [6.07, 6.45) is 6.73. The molecule has 3 N–H and O–H groups in total. The summed E-state index contributed by atoms with van der Waals surface area (Å²) in [5.74, 6) is 5.52. The number of aromatic nitrogens is 1. The normalized spacial score (nSPS) is 26.9. The van der Waals surface area contributed by atoms with Crippen LogP contribution < -0.4 is 11.1 Å². The summed E-state index contributed by atoms with van der Waals surface area (Å²) in [5.41, 5.74) is 6.52. The molecule has 2 aliphatic rings. The highest BCUT2D eigenvalue weighted by molar-refractivity contribution is 5.96. The van der Waals surface area contributed by atoms with Gasteiger partial charge in [0.2, 0.25) is 0 Å². The van der Waals surface area contributed by atoms with Crippen molar-refractivity contribution >= 4 is 5.91 Å². The van der Waals surface area contributed by atoms with Crippen LogP contribution in [0.1, 0.15) is 35.2 Å². The van der Waals surface area contributed by atoms with E-state index in [1.54, 1.807) is 18.5 Å². The molecule has 0 saturated carbocycles. The summed E-state index contributed by atoms with van der Waals surface area (Å²) in [4.78, 5) is 16.4. The lowest BCUT2D eigenvalue weighted by Crippen LogP contribution is -2.41. The fourth-order valence-electron chi connectivity index (χ4n) is 2.87. The van der Waals surface area contributed by atoms with Crippen LogP contribution in [0, 0.1) is 11.8 Å². The Hall–Kier alpha value is -1.90. The molecule has 2 aliphatic heterocycles. The third-order valence-electron chi connectivity index (χ3n) is 3.81. The molecule has 3 atom stereocenters. The minimum atomic E-state index is -0.116. The van der Waals surface area contributed by atoms with Crippen molar-refractivity contribution < 1.29 is 9.53 Å². The topological polar surface area (TPSA) is 77.2 Å². The van der Waals surface area contributed by atoms with Crippen LogP contribution in [-0.4, -0.2) is 35.7 Å². The van der Waals surface area contributed by atoms with Crippen molar-refractivity contribution in [1.29, 1.82) is 0 Å². The Morgan fingerprint density at radius 2 is 2.45 bits per heavy atom. The number of rotatable bonds is 2. The number of nitrogens with zero attached hydrogens (tertiary/aromatic N) is 1. The second-order valence-corrected chi connectivity index (χ2v) is 5.12. The number of carbonyl (C=O) groups is 1. The molecule has 1 aromatic heterocycles. The highest BCUT2D eigenvalue weighted by Crippen LogP contribution is 2.34. The molecule has 0 aliphatic carbocycles. The van der Waals surface area contributed by atoms with E-state index in [0.717, 1.165) is 19.3 Å². The minimum absolute atomic E-state index is 0.115. The molecule has 3 heterocycles. The Balaban J connectivity index is 1.74. The van der Waals surface area contributed by atoms with Crippen LogP contribution >= 0.6 is 0 Å². The monoisotopic (exact) mass is 271 g/mol. The van der Waals surface area contributed by atoms with E-state index < -0.39 is 0 Å². The molecule has 5 heteroatoms. The fourth-order valence-corrected chi connectivity index (χ4v) is 2.87. The van der Waals surface area contributed by atoms with Crippen LogP contribution in [0.2, 0.25) is 0 Å². The van der Waals surface area contributed by atoms with Gasteiger partial charge in [0.05, 0.1) is 35.9 Å². The summed E-state index contributed by atoms with van der Waals surface area (Å²) in [5, 5.41) is 3.05. The third kappa shape index (κ3) is 2.53. The molecule has 1 aromatic rings. The number of nitrogens with one attached hydrogen (secondary N) is 1. The zero-order chi connectivity index (χ0) is 13.9. The second kappa shape index (κ2) is 5.61. The van der Waals surface area contributed by atoms with Crippen molar-refractivity contribution in [3.63, 3.8) is 0 Å². The van der Waals surface area contributed by atoms with Crippen LogP contribution in [0.5, 0.6) is 0 Å². The Morgan fingerprint density at radius 3 is 3.15 bits per heavy atom. The van der Waals surface area contributed by atoms with Gasteiger partial charge in [-0.05, 0) is 25.3 Å². The Kier molecular flexibility index (Phi) is 3.68. The maximum atomic E-state index is 12.4. The lowest BCUT2D eigenvalue weighted by atomic mass is 9.95. The SMILES string of the molecule is NCC#Cc1cnccc1C(=O)NC1CC2CCC1O2. The summed E-state index contributed by atoms with van der Waals surface area (Å²) >= 11 is 0. The van der Waals surface area contributed by atoms with Gasteiger partial charge in [0.25, 0.3) is 5.91 Å². The number of pyridine rings is 1. The van der Waals surface area contributed by atoms with Gasteiger partial charge < -0.3 is 15.8 Å². The van der Waals surface area contributed by atoms with Crippen molar-refractivity contribution in [1.82, 2.24) is 10.3 Å². The van der Waals surface area contributed by atoms with Crippen LogP contribution in [0.15, 0.2) is 18.5 Å². The van der Waals surface area contributed by atoms with E-state index in [1.807, 2.05) is 0 Å². The number of fused-ring (bicyclic) bond motifs is 2. The van der Waals surface area contributed by atoms with Crippen molar-refractivity contribution in [3.8, 4) is 11.8 Å². The predicted octanol–water partition coefficient (Wildman–Crippen LogP) is 0.441. The molecule has 3 unspecified atom stereocenters. The number of carbonyl (C=O) groups excluding carboxylic acids is 1. The molecule has 5 nitrogen and oxygen atoms in total. The number of amides is 1. The summed E-state index contributed by atoms with van der Waals surface area (Å²) in [6, 6.07) is 1.80. The lowest BCUT2D eigenvalue weighted by molar-refractivity contribution is 0.0840. The molecule has 2 bridgehead atoms. The largest absolute Gasteiger partial charge is 0.373 e. The first-order valence-electron chi connectivity index (χ1n) is 6.87.